The Labute approximate surface area is 98.8 Å². The smallest absolute Gasteiger partial charge is 0.0859 e. The van der Waals surface area contributed by atoms with Crippen molar-refractivity contribution >= 4 is 33.1 Å². The lowest BCUT2D eigenvalue weighted by molar-refractivity contribution is 0.481. The van der Waals surface area contributed by atoms with Crippen LogP contribution in [0.1, 0.15) is 27.2 Å². The van der Waals surface area contributed by atoms with Crippen molar-refractivity contribution in [1.29, 1.82) is 0 Å². The first kappa shape index (κ1) is 10.4. The van der Waals surface area contributed by atoms with E-state index in [1.54, 1.807) is 0 Å². The van der Waals surface area contributed by atoms with Crippen molar-refractivity contribution in [3.8, 4) is 0 Å². The molecule has 1 aliphatic heterocycles. The minimum absolute atomic E-state index is 0.00262. The molecule has 76 valence electrons. The topological polar surface area (TPSA) is 12.0 Å². The van der Waals surface area contributed by atoms with Crippen LogP contribution in [0.25, 0.3) is 0 Å². The molecule has 1 fully saturated rings. The zero-order chi connectivity index (χ0) is 10.6. The third-order valence-corrected chi connectivity index (χ3v) is 4.38. The van der Waals surface area contributed by atoms with Gasteiger partial charge < -0.3 is 5.32 Å². The summed E-state index contributed by atoms with van der Waals surface area (Å²) in [6, 6.07) is 0. The van der Waals surface area contributed by atoms with E-state index in [9.17, 15) is 0 Å². The van der Waals surface area contributed by atoms with Crippen LogP contribution in [0.2, 0.25) is 0 Å². The lowest BCUT2D eigenvalue weighted by Crippen LogP contribution is -2.39. The highest BCUT2D eigenvalue weighted by Crippen LogP contribution is 2.46. The van der Waals surface area contributed by atoms with Crippen LogP contribution >= 0.6 is 28.1 Å². The van der Waals surface area contributed by atoms with E-state index in [1.807, 2.05) is 0 Å². The highest BCUT2D eigenvalue weighted by Gasteiger charge is 2.48. The van der Waals surface area contributed by atoms with Gasteiger partial charge in [0.05, 0.1) is 10.5 Å². The Morgan fingerprint density at radius 2 is 2.07 bits per heavy atom. The molecular formula is C11H14BrNS. The molecule has 2 rings (SSSR count). The van der Waals surface area contributed by atoms with E-state index >= 15 is 0 Å². The second-order valence-electron chi connectivity index (χ2n) is 4.76. The summed E-state index contributed by atoms with van der Waals surface area (Å²) in [6.45, 7) is 6.59. The second-order valence-corrected chi connectivity index (χ2v) is 6.09. The molecule has 1 nitrogen and oxygen atoms in total. The predicted octanol–water partition coefficient (Wildman–Crippen LogP) is 3.31. The SMILES string of the molecule is CC12CC=C(Br)C=C1C(C)(C)C(=S)N2. The summed E-state index contributed by atoms with van der Waals surface area (Å²) >= 11 is 8.92. The number of rotatable bonds is 0. The maximum atomic E-state index is 5.39. The Bertz CT molecular complexity index is 367. The molecule has 1 N–H and O–H groups in total. The first-order valence-corrected chi connectivity index (χ1v) is 5.97. The van der Waals surface area contributed by atoms with Crippen LogP contribution < -0.4 is 5.32 Å². The van der Waals surface area contributed by atoms with Gasteiger partial charge in [-0.3, -0.25) is 0 Å². The number of fused-ring (bicyclic) bond motifs is 1. The van der Waals surface area contributed by atoms with Crippen molar-refractivity contribution in [2.24, 2.45) is 5.41 Å². The molecule has 3 heteroatoms. The normalized spacial score (nSPS) is 34.4. The number of hydrogen-bond acceptors (Lipinski definition) is 1. The van der Waals surface area contributed by atoms with Gasteiger partial charge in [0.2, 0.25) is 0 Å². The van der Waals surface area contributed by atoms with Crippen LogP contribution in [0.4, 0.5) is 0 Å². The van der Waals surface area contributed by atoms with Gasteiger partial charge in [-0.1, -0.05) is 34.2 Å². The third-order valence-electron chi connectivity index (χ3n) is 3.21. The van der Waals surface area contributed by atoms with Gasteiger partial charge >= 0.3 is 0 Å². The maximum absolute atomic E-state index is 5.39. The first-order chi connectivity index (χ1) is 6.36. The van der Waals surface area contributed by atoms with Gasteiger partial charge in [0.25, 0.3) is 0 Å². The summed E-state index contributed by atoms with van der Waals surface area (Å²) in [5.41, 5.74) is 1.43. The maximum Gasteiger partial charge on any atom is 0.0859 e. The van der Waals surface area contributed by atoms with E-state index in [0.717, 1.165) is 11.4 Å². The van der Waals surface area contributed by atoms with Gasteiger partial charge in [-0.25, -0.2) is 0 Å². The van der Waals surface area contributed by atoms with E-state index < -0.39 is 0 Å². The monoisotopic (exact) mass is 271 g/mol. The number of nitrogens with one attached hydrogen (secondary N) is 1. The van der Waals surface area contributed by atoms with Crippen LogP contribution in [-0.4, -0.2) is 10.5 Å². The fourth-order valence-electron chi connectivity index (χ4n) is 2.29. The lowest BCUT2D eigenvalue weighted by Gasteiger charge is -2.31. The molecule has 0 amide bonds. The molecule has 1 saturated heterocycles. The van der Waals surface area contributed by atoms with Crippen LogP contribution in [0.15, 0.2) is 22.2 Å². The number of hydrogen-bond donors (Lipinski definition) is 1. The van der Waals surface area contributed by atoms with Gasteiger partial charge in [0, 0.05) is 9.90 Å². The van der Waals surface area contributed by atoms with Crippen LogP contribution in [0.5, 0.6) is 0 Å². The first-order valence-electron chi connectivity index (χ1n) is 4.77. The Morgan fingerprint density at radius 3 is 2.71 bits per heavy atom. The number of thiocarbonyl (C=S) groups is 1. The van der Waals surface area contributed by atoms with Gasteiger partial charge in [0.15, 0.2) is 0 Å². The van der Waals surface area contributed by atoms with Crippen molar-refractivity contribution in [2.45, 2.75) is 32.7 Å². The zero-order valence-electron chi connectivity index (χ0n) is 8.65. The molecule has 0 spiro atoms. The summed E-state index contributed by atoms with van der Waals surface area (Å²) < 4.78 is 1.17. The molecule has 0 bridgehead atoms. The number of allylic oxidation sites excluding steroid dienone is 2. The quantitative estimate of drug-likeness (QED) is 0.679. The van der Waals surface area contributed by atoms with E-state index in [-0.39, 0.29) is 11.0 Å². The summed E-state index contributed by atoms with van der Waals surface area (Å²) in [7, 11) is 0. The average Bonchev–Trinajstić information content (AvgIpc) is 2.24. The van der Waals surface area contributed by atoms with Crippen molar-refractivity contribution < 1.29 is 0 Å². The molecule has 1 aliphatic carbocycles. The van der Waals surface area contributed by atoms with Gasteiger partial charge in [0.1, 0.15) is 0 Å². The molecular weight excluding hydrogens is 258 g/mol. The molecule has 14 heavy (non-hydrogen) atoms. The lowest BCUT2D eigenvalue weighted by atomic mass is 9.75. The summed E-state index contributed by atoms with van der Waals surface area (Å²) in [5, 5.41) is 3.44. The summed E-state index contributed by atoms with van der Waals surface area (Å²) in [5.74, 6) is 0. The summed E-state index contributed by atoms with van der Waals surface area (Å²) in [6.07, 6.45) is 5.40. The highest BCUT2D eigenvalue weighted by molar-refractivity contribution is 9.11. The van der Waals surface area contributed by atoms with Crippen LogP contribution in [0, 0.1) is 5.41 Å². The largest absolute Gasteiger partial charge is 0.370 e. The Balaban J connectivity index is 2.53. The van der Waals surface area contributed by atoms with Crippen molar-refractivity contribution in [3.05, 3.63) is 22.2 Å². The molecule has 1 atom stereocenters. The van der Waals surface area contributed by atoms with Gasteiger partial charge in [-0.15, -0.1) is 0 Å². The van der Waals surface area contributed by atoms with Crippen LogP contribution in [0.3, 0.4) is 0 Å². The Kier molecular flexibility index (Phi) is 2.16. The minimum atomic E-state index is -0.00262. The third kappa shape index (κ3) is 1.29. The Hall–Kier alpha value is -0.150. The molecule has 0 radical (unpaired) electrons. The standard InChI is InChI=1S/C11H14BrNS/c1-10(2)8-6-7(12)4-5-11(8,3)13-9(10)14/h4,6H,5H2,1-3H3,(H,13,14). The van der Waals surface area contributed by atoms with E-state index in [2.05, 4.69) is 54.2 Å². The average molecular weight is 272 g/mol. The zero-order valence-corrected chi connectivity index (χ0v) is 11.1. The molecule has 2 aliphatic rings. The second kappa shape index (κ2) is 2.92. The number of halogens is 1. The van der Waals surface area contributed by atoms with Gasteiger partial charge in [-0.2, -0.15) is 0 Å². The van der Waals surface area contributed by atoms with Crippen molar-refractivity contribution in [1.82, 2.24) is 5.32 Å². The highest BCUT2D eigenvalue weighted by atomic mass is 79.9. The Morgan fingerprint density at radius 1 is 1.43 bits per heavy atom. The molecule has 0 saturated carbocycles. The molecule has 1 unspecified atom stereocenters. The fourth-order valence-corrected chi connectivity index (χ4v) is 3.01. The van der Waals surface area contributed by atoms with Crippen molar-refractivity contribution in [3.63, 3.8) is 0 Å². The molecule has 0 aromatic carbocycles. The molecule has 0 aromatic heterocycles. The van der Waals surface area contributed by atoms with Crippen LogP contribution in [-0.2, 0) is 0 Å². The van der Waals surface area contributed by atoms with Gasteiger partial charge in [-0.05, 0) is 38.8 Å². The van der Waals surface area contributed by atoms with E-state index in [0.29, 0.717) is 0 Å². The molecule has 1 heterocycles. The molecule has 0 aromatic rings. The van der Waals surface area contributed by atoms with Crippen molar-refractivity contribution in [2.75, 3.05) is 0 Å². The summed E-state index contributed by atoms with van der Waals surface area (Å²) in [4.78, 5) is 0.960. The van der Waals surface area contributed by atoms with E-state index in [1.165, 1.54) is 10.1 Å². The van der Waals surface area contributed by atoms with E-state index in [4.69, 9.17) is 12.2 Å². The fraction of sp³-hybridized carbons (Fsp3) is 0.545. The minimum Gasteiger partial charge on any atom is -0.370 e. The predicted molar refractivity (Wildman–Crippen MR) is 67.6 cm³/mol.